The molecule has 0 aromatic rings. The van der Waals surface area contributed by atoms with E-state index >= 15 is 0 Å². The zero-order chi connectivity index (χ0) is 8.55. The van der Waals surface area contributed by atoms with Crippen LogP contribution in [0.25, 0.3) is 0 Å². The van der Waals surface area contributed by atoms with Crippen molar-refractivity contribution in [3.8, 4) is 0 Å². The van der Waals surface area contributed by atoms with E-state index in [4.69, 9.17) is 0 Å². The van der Waals surface area contributed by atoms with Crippen molar-refractivity contribution in [1.82, 2.24) is 10.6 Å². The fraction of sp³-hybridized carbons (Fsp3) is 0.889. The van der Waals surface area contributed by atoms with E-state index in [1.54, 1.807) is 7.05 Å². The second kappa shape index (κ2) is 2.96. The number of hydrogen-bond donors (Lipinski definition) is 2. The summed E-state index contributed by atoms with van der Waals surface area (Å²) in [5, 5.41) is 5.59. The van der Waals surface area contributed by atoms with Crippen LogP contribution in [0.1, 0.15) is 25.7 Å². The number of hydrogen-bond acceptors (Lipinski definition) is 1. The van der Waals surface area contributed by atoms with Crippen molar-refractivity contribution in [3.63, 3.8) is 0 Å². The molecule has 2 rings (SSSR count). The molecule has 0 radical (unpaired) electrons. The second-order valence-corrected chi connectivity index (χ2v) is 3.86. The normalized spacial score (nSPS) is 38.2. The van der Waals surface area contributed by atoms with Crippen molar-refractivity contribution < 1.29 is 4.79 Å². The maximum atomic E-state index is 11.0. The van der Waals surface area contributed by atoms with Crippen LogP contribution >= 0.6 is 0 Å². The molecule has 2 amide bonds. The van der Waals surface area contributed by atoms with Gasteiger partial charge in [0.2, 0.25) is 0 Å². The molecule has 0 bridgehead atoms. The van der Waals surface area contributed by atoms with E-state index < -0.39 is 0 Å². The van der Waals surface area contributed by atoms with Gasteiger partial charge in [0, 0.05) is 13.1 Å². The summed E-state index contributed by atoms with van der Waals surface area (Å²) >= 11 is 0. The maximum Gasteiger partial charge on any atom is 0.314 e. The smallest absolute Gasteiger partial charge is 0.314 e. The maximum absolute atomic E-state index is 11.0. The first-order valence-corrected chi connectivity index (χ1v) is 4.81. The van der Waals surface area contributed by atoms with Crippen LogP contribution in [0.5, 0.6) is 0 Å². The molecule has 12 heavy (non-hydrogen) atoms. The summed E-state index contributed by atoms with van der Waals surface area (Å²) in [5.41, 5.74) is 0. The lowest BCUT2D eigenvalue weighted by atomic mass is 10.0. The van der Waals surface area contributed by atoms with Crippen LogP contribution in [0.15, 0.2) is 0 Å². The summed E-state index contributed by atoms with van der Waals surface area (Å²) in [7, 11) is 1.67. The first-order valence-electron chi connectivity index (χ1n) is 4.81. The first-order chi connectivity index (χ1) is 5.83. The van der Waals surface area contributed by atoms with Gasteiger partial charge in [-0.3, -0.25) is 0 Å². The minimum absolute atomic E-state index is 0.0191. The summed E-state index contributed by atoms with van der Waals surface area (Å²) in [6, 6.07) is 0.474. The number of nitrogens with one attached hydrogen (secondary N) is 2. The highest BCUT2D eigenvalue weighted by Crippen LogP contribution is 2.49. The minimum atomic E-state index is -0.0191. The largest absolute Gasteiger partial charge is 0.341 e. The molecule has 2 atom stereocenters. The van der Waals surface area contributed by atoms with Gasteiger partial charge in [0.1, 0.15) is 0 Å². The summed E-state index contributed by atoms with van der Waals surface area (Å²) < 4.78 is 0. The van der Waals surface area contributed by atoms with Crippen LogP contribution in [0.2, 0.25) is 0 Å². The number of urea groups is 1. The fourth-order valence-corrected chi connectivity index (χ4v) is 2.43. The third kappa shape index (κ3) is 1.28. The Kier molecular flexibility index (Phi) is 1.95. The Morgan fingerprint density at radius 3 is 2.33 bits per heavy atom. The molecule has 2 aliphatic carbocycles. The molecule has 0 aromatic heterocycles. The van der Waals surface area contributed by atoms with Crippen LogP contribution < -0.4 is 10.6 Å². The van der Waals surface area contributed by atoms with Gasteiger partial charge in [-0.15, -0.1) is 0 Å². The van der Waals surface area contributed by atoms with Gasteiger partial charge in [0.05, 0.1) is 0 Å². The van der Waals surface area contributed by atoms with Gasteiger partial charge in [0.25, 0.3) is 0 Å². The molecule has 2 N–H and O–H groups in total. The number of carbonyl (C=O) groups excluding carboxylic acids is 1. The highest BCUT2D eigenvalue weighted by atomic mass is 16.2. The SMILES string of the molecule is CNC(=O)NC1C2CCCCC21. The Morgan fingerprint density at radius 1 is 1.25 bits per heavy atom. The van der Waals surface area contributed by atoms with Gasteiger partial charge >= 0.3 is 6.03 Å². The van der Waals surface area contributed by atoms with Crippen molar-refractivity contribution in [1.29, 1.82) is 0 Å². The lowest BCUT2D eigenvalue weighted by molar-refractivity contribution is 0.241. The highest BCUT2D eigenvalue weighted by molar-refractivity contribution is 5.74. The fourth-order valence-electron chi connectivity index (χ4n) is 2.43. The molecule has 3 nitrogen and oxygen atoms in total. The van der Waals surface area contributed by atoms with Gasteiger partial charge < -0.3 is 10.6 Å². The molecule has 0 aromatic carbocycles. The molecule has 68 valence electrons. The number of rotatable bonds is 1. The number of carbonyl (C=O) groups is 1. The molecule has 0 heterocycles. The Bertz CT molecular complexity index is 181. The molecule has 2 saturated carbocycles. The Morgan fingerprint density at radius 2 is 1.83 bits per heavy atom. The summed E-state index contributed by atoms with van der Waals surface area (Å²) in [6.45, 7) is 0. The first kappa shape index (κ1) is 7.90. The van der Waals surface area contributed by atoms with Gasteiger partial charge in [0.15, 0.2) is 0 Å². The molecule has 0 spiro atoms. The Hall–Kier alpha value is -0.730. The van der Waals surface area contributed by atoms with Gasteiger partial charge in [-0.25, -0.2) is 4.79 Å². The van der Waals surface area contributed by atoms with E-state index in [0.29, 0.717) is 6.04 Å². The van der Waals surface area contributed by atoms with Crippen LogP contribution in [-0.2, 0) is 0 Å². The summed E-state index contributed by atoms with van der Waals surface area (Å²) in [5.74, 6) is 1.60. The third-order valence-corrected chi connectivity index (χ3v) is 3.18. The topological polar surface area (TPSA) is 41.1 Å². The number of amides is 2. The molecule has 2 fully saturated rings. The van der Waals surface area contributed by atoms with Gasteiger partial charge in [-0.2, -0.15) is 0 Å². The molecule has 0 aliphatic heterocycles. The molecule has 3 heteroatoms. The van der Waals surface area contributed by atoms with Gasteiger partial charge in [-0.05, 0) is 24.7 Å². The quantitative estimate of drug-likeness (QED) is 0.605. The Labute approximate surface area is 72.9 Å². The Balaban J connectivity index is 1.81. The average molecular weight is 168 g/mol. The summed E-state index contributed by atoms with van der Waals surface area (Å²) in [4.78, 5) is 11.0. The van der Waals surface area contributed by atoms with E-state index in [-0.39, 0.29) is 6.03 Å². The van der Waals surface area contributed by atoms with Gasteiger partial charge in [-0.1, -0.05) is 12.8 Å². The number of fused-ring (bicyclic) bond motifs is 1. The second-order valence-electron chi connectivity index (χ2n) is 3.86. The van der Waals surface area contributed by atoms with Crippen LogP contribution in [0.3, 0.4) is 0 Å². The average Bonchev–Trinajstić information content (AvgIpc) is 2.80. The van der Waals surface area contributed by atoms with Crippen molar-refractivity contribution in [2.45, 2.75) is 31.7 Å². The molecule has 2 unspecified atom stereocenters. The molecule has 2 aliphatic rings. The van der Waals surface area contributed by atoms with E-state index in [1.807, 2.05) is 0 Å². The van der Waals surface area contributed by atoms with Crippen molar-refractivity contribution >= 4 is 6.03 Å². The molecular weight excluding hydrogens is 152 g/mol. The third-order valence-electron chi connectivity index (χ3n) is 3.18. The standard InChI is InChI=1S/C9H16N2O/c1-10-9(12)11-8-6-4-2-3-5-7(6)8/h6-8H,2-5H2,1H3,(H2,10,11,12). The van der Waals surface area contributed by atoms with E-state index in [0.717, 1.165) is 11.8 Å². The van der Waals surface area contributed by atoms with Crippen molar-refractivity contribution in [2.75, 3.05) is 7.05 Å². The van der Waals surface area contributed by atoms with Crippen molar-refractivity contribution in [3.05, 3.63) is 0 Å². The van der Waals surface area contributed by atoms with E-state index in [9.17, 15) is 4.79 Å². The van der Waals surface area contributed by atoms with Crippen LogP contribution in [0.4, 0.5) is 4.79 Å². The minimum Gasteiger partial charge on any atom is -0.341 e. The van der Waals surface area contributed by atoms with Crippen LogP contribution in [-0.4, -0.2) is 19.1 Å². The predicted octanol–water partition coefficient (Wildman–Crippen LogP) is 1.10. The zero-order valence-electron chi connectivity index (χ0n) is 7.47. The van der Waals surface area contributed by atoms with Crippen LogP contribution in [0, 0.1) is 11.8 Å². The summed E-state index contributed by atoms with van der Waals surface area (Å²) in [6.07, 6.45) is 5.35. The molecular formula is C9H16N2O. The highest BCUT2D eigenvalue weighted by Gasteiger charge is 2.51. The zero-order valence-corrected chi connectivity index (χ0v) is 7.47. The monoisotopic (exact) mass is 168 g/mol. The van der Waals surface area contributed by atoms with E-state index in [1.165, 1.54) is 25.7 Å². The lowest BCUT2D eigenvalue weighted by Crippen LogP contribution is -2.35. The van der Waals surface area contributed by atoms with Crippen molar-refractivity contribution in [2.24, 2.45) is 11.8 Å². The van der Waals surface area contributed by atoms with E-state index in [2.05, 4.69) is 10.6 Å². The molecule has 0 saturated heterocycles. The predicted molar refractivity (Wildman–Crippen MR) is 46.8 cm³/mol. The lowest BCUT2D eigenvalue weighted by Gasteiger charge is -2.04.